The fourth-order valence-electron chi connectivity index (χ4n) is 1.42. The molecule has 19 heavy (non-hydrogen) atoms. The van der Waals surface area contributed by atoms with Gasteiger partial charge in [-0.3, -0.25) is 5.41 Å². The van der Waals surface area contributed by atoms with Crippen LogP contribution in [0.2, 0.25) is 5.02 Å². The zero-order valence-corrected chi connectivity index (χ0v) is 11.9. The summed E-state index contributed by atoms with van der Waals surface area (Å²) >= 11 is 9.07. The van der Waals surface area contributed by atoms with Crippen LogP contribution >= 0.6 is 27.5 Å². The molecule has 0 amide bonds. The van der Waals surface area contributed by atoms with E-state index in [9.17, 15) is 4.39 Å². The van der Waals surface area contributed by atoms with Gasteiger partial charge in [0.2, 0.25) is 0 Å². The Morgan fingerprint density at radius 1 is 1.26 bits per heavy atom. The molecular weight excluding hydrogens is 335 g/mol. The molecule has 0 saturated heterocycles. The highest BCUT2D eigenvalue weighted by atomic mass is 79.9. The molecule has 0 fully saturated rings. The molecule has 2 aromatic rings. The summed E-state index contributed by atoms with van der Waals surface area (Å²) in [6, 6.07) is 9.12. The minimum absolute atomic E-state index is 0.0804. The summed E-state index contributed by atoms with van der Waals surface area (Å²) in [5.41, 5.74) is 5.85. The summed E-state index contributed by atoms with van der Waals surface area (Å²) in [6.07, 6.45) is 0. The molecule has 2 aromatic carbocycles. The van der Waals surface area contributed by atoms with Crippen molar-refractivity contribution >= 4 is 33.4 Å². The van der Waals surface area contributed by atoms with E-state index in [1.54, 1.807) is 24.3 Å². The number of hydrogen-bond acceptors (Lipinski definition) is 2. The van der Waals surface area contributed by atoms with Crippen molar-refractivity contribution in [1.29, 1.82) is 5.41 Å². The fourth-order valence-corrected chi connectivity index (χ4v) is 1.88. The number of rotatable bonds is 3. The SMILES string of the molecule is N=C(N)c1ccc(Oc2ccc(Br)c(F)c2)c(Cl)c1. The first-order valence-corrected chi connectivity index (χ1v) is 6.41. The Morgan fingerprint density at radius 3 is 2.58 bits per heavy atom. The zero-order chi connectivity index (χ0) is 14.0. The number of halogens is 3. The third kappa shape index (κ3) is 3.24. The molecule has 0 bridgehead atoms. The first kappa shape index (κ1) is 13.8. The van der Waals surface area contributed by atoms with Crippen molar-refractivity contribution in [2.24, 2.45) is 5.73 Å². The van der Waals surface area contributed by atoms with Crippen molar-refractivity contribution in [3.05, 3.63) is 57.3 Å². The molecule has 2 rings (SSSR count). The first-order valence-electron chi connectivity index (χ1n) is 5.24. The second-order valence-corrected chi connectivity index (χ2v) is 5.00. The lowest BCUT2D eigenvalue weighted by atomic mass is 10.2. The van der Waals surface area contributed by atoms with E-state index in [0.29, 0.717) is 26.6 Å². The van der Waals surface area contributed by atoms with Crippen LogP contribution in [0.1, 0.15) is 5.56 Å². The van der Waals surface area contributed by atoms with Crippen LogP contribution in [0.15, 0.2) is 40.9 Å². The average Bonchev–Trinajstić information content (AvgIpc) is 2.36. The van der Waals surface area contributed by atoms with E-state index in [2.05, 4.69) is 15.9 Å². The lowest BCUT2D eigenvalue weighted by Gasteiger charge is -2.09. The summed E-state index contributed by atoms with van der Waals surface area (Å²) in [7, 11) is 0. The third-order valence-corrected chi connectivity index (χ3v) is 3.30. The van der Waals surface area contributed by atoms with Crippen LogP contribution in [-0.2, 0) is 0 Å². The molecule has 0 atom stereocenters. The number of hydrogen-bond donors (Lipinski definition) is 2. The maximum absolute atomic E-state index is 13.3. The molecule has 0 aliphatic heterocycles. The molecule has 98 valence electrons. The predicted molar refractivity (Wildman–Crippen MR) is 76.6 cm³/mol. The van der Waals surface area contributed by atoms with Gasteiger partial charge in [-0.1, -0.05) is 11.6 Å². The van der Waals surface area contributed by atoms with Crippen LogP contribution < -0.4 is 10.5 Å². The topological polar surface area (TPSA) is 59.1 Å². The van der Waals surface area contributed by atoms with E-state index in [1.165, 1.54) is 12.1 Å². The van der Waals surface area contributed by atoms with Crippen molar-refractivity contribution in [3.63, 3.8) is 0 Å². The molecule has 0 aromatic heterocycles. The van der Waals surface area contributed by atoms with Crippen LogP contribution in [-0.4, -0.2) is 5.84 Å². The van der Waals surface area contributed by atoms with Gasteiger partial charge in [-0.2, -0.15) is 0 Å². The summed E-state index contributed by atoms with van der Waals surface area (Å²) in [6.45, 7) is 0. The monoisotopic (exact) mass is 342 g/mol. The van der Waals surface area contributed by atoms with Crippen molar-refractivity contribution < 1.29 is 9.13 Å². The highest BCUT2D eigenvalue weighted by molar-refractivity contribution is 9.10. The Labute approximate surface area is 122 Å². The van der Waals surface area contributed by atoms with Crippen molar-refractivity contribution in [2.45, 2.75) is 0 Å². The number of nitrogens with one attached hydrogen (secondary N) is 1. The van der Waals surface area contributed by atoms with E-state index in [1.807, 2.05) is 0 Å². The maximum Gasteiger partial charge on any atom is 0.146 e. The lowest BCUT2D eigenvalue weighted by Crippen LogP contribution is -2.10. The highest BCUT2D eigenvalue weighted by Crippen LogP contribution is 2.31. The second-order valence-electron chi connectivity index (χ2n) is 3.74. The van der Waals surface area contributed by atoms with Gasteiger partial charge in [0.25, 0.3) is 0 Å². The van der Waals surface area contributed by atoms with Crippen LogP contribution in [0.3, 0.4) is 0 Å². The zero-order valence-electron chi connectivity index (χ0n) is 9.58. The van der Waals surface area contributed by atoms with E-state index in [0.717, 1.165) is 0 Å². The molecule has 0 unspecified atom stereocenters. The molecular formula is C13H9BrClFN2O. The smallest absolute Gasteiger partial charge is 0.146 e. The minimum atomic E-state index is -0.422. The molecule has 0 spiro atoms. The van der Waals surface area contributed by atoms with Gasteiger partial charge >= 0.3 is 0 Å². The normalized spacial score (nSPS) is 10.3. The fraction of sp³-hybridized carbons (Fsp3) is 0. The second kappa shape index (κ2) is 5.59. The van der Waals surface area contributed by atoms with Crippen LogP contribution in [0.4, 0.5) is 4.39 Å². The van der Waals surface area contributed by atoms with Crippen molar-refractivity contribution in [2.75, 3.05) is 0 Å². The minimum Gasteiger partial charge on any atom is -0.456 e. The number of benzene rings is 2. The lowest BCUT2D eigenvalue weighted by molar-refractivity contribution is 0.476. The van der Waals surface area contributed by atoms with E-state index >= 15 is 0 Å². The molecule has 0 radical (unpaired) electrons. The summed E-state index contributed by atoms with van der Waals surface area (Å²) in [5, 5.41) is 7.60. The largest absolute Gasteiger partial charge is 0.456 e. The maximum atomic E-state index is 13.3. The van der Waals surface area contributed by atoms with E-state index in [-0.39, 0.29) is 5.84 Å². The average molecular weight is 344 g/mol. The Bertz CT molecular complexity index is 649. The number of amidine groups is 1. The number of ether oxygens (including phenoxy) is 1. The van der Waals surface area contributed by atoms with Gasteiger partial charge in [0.1, 0.15) is 23.2 Å². The van der Waals surface area contributed by atoms with Gasteiger partial charge in [-0.05, 0) is 46.3 Å². The summed E-state index contributed by atoms with van der Waals surface area (Å²) in [5.74, 6) is 0.198. The van der Waals surface area contributed by atoms with Crippen LogP contribution in [0, 0.1) is 11.2 Å². The Morgan fingerprint density at radius 2 is 2.00 bits per heavy atom. The quantitative estimate of drug-likeness (QED) is 0.644. The molecule has 0 heterocycles. The highest BCUT2D eigenvalue weighted by Gasteiger charge is 2.07. The summed E-state index contributed by atoms with van der Waals surface area (Å²) in [4.78, 5) is 0. The van der Waals surface area contributed by atoms with Gasteiger partial charge in [-0.15, -0.1) is 0 Å². The molecule has 0 saturated carbocycles. The number of nitrogen functional groups attached to an aromatic ring is 1. The first-order chi connectivity index (χ1) is 8.97. The van der Waals surface area contributed by atoms with Crippen molar-refractivity contribution in [3.8, 4) is 11.5 Å². The van der Waals surface area contributed by atoms with Gasteiger partial charge < -0.3 is 10.5 Å². The predicted octanol–water partition coefficient (Wildman–Crippen LogP) is 4.32. The van der Waals surface area contributed by atoms with Gasteiger partial charge in [0.15, 0.2) is 0 Å². The Hall–Kier alpha value is -1.59. The van der Waals surface area contributed by atoms with Gasteiger partial charge in [-0.25, -0.2) is 4.39 Å². The molecule has 0 aliphatic carbocycles. The van der Waals surface area contributed by atoms with Gasteiger partial charge in [0.05, 0.1) is 9.50 Å². The Balaban J connectivity index is 2.28. The van der Waals surface area contributed by atoms with E-state index in [4.69, 9.17) is 27.5 Å². The standard InChI is InChI=1S/C13H9BrClFN2O/c14-9-3-2-8(6-11(9)16)19-12-4-1-7(13(17)18)5-10(12)15/h1-6H,(H3,17,18). The van der Waals surface area contributed by atoms with Crippen molar-refractivity contribution in [1.82, 2.24) is 0 Å². The third-order valence-electron chi connectivity index (χ3n) is 2.36. The van der Waals surface area contributed by atoms with Gasteiger partial charge in [0, 0.05) is 11.6 Å². The molecule has 3 N–H and O–H groups in total. The molecule has 3 nitrogen and oxygen atoms in total. The Kier molecular flexibility index (Phi) is 4.07. The molecule has 6 heteroatoms. The molecule has 0 aliphatic rings. The summed E-state index contributed by atoms with van der Waals surface area (Å²) < 4.78 is 19.2. The number of nitrogens with two attached hydrogens (primary N) is 1. The van der Waals surface area contributed by atoms with Crippen LogP contribution in [0.25, 0.3) is 0 Å². The van der Waals surface area contributed by atoms with E-state index < -0.39 is 5.82 Å². The van der Waals surface area contributed by atoms with Crippen LogP contribution in [0.5, 0.6) is 11.5 Å².